The van der Waals surface area contributed by atoms with Gasteiger partial charge in [-0.1, -0.05) is 11.6 Å². The average Bonchev–Trinajstić information content (AvgIpc) is 2.36. The minimum absolute atomic E-state index is 0.0229. The van der Waals surface area contributed by atoms with E-state index in [2.05, 4.69) is 10.6 Å². The van der Waals surface area contributed by atoms with Gasteiger partial charge in [-0.05, 0) is 45.9 Å². The van der Waals surface area contributed by atoms with Gasteiger partial charge in [0.25, 0.3) is 0 Å². The third-order valence-corrected chi connectivity index (χ3v) is 2.78. The first-order valence-electron chi connectivity index (χ1n) is 6.64. The summed E-state index contributed by atoms with van der Waals surface area (Å²) in [5.41, 5.74) is 0.668. The molecule has 0 aromatic heterocycles. The number of carbonyl (C=O) groups excluding carboxylic acids is 1. The van der Waals surface area contributed by atoms with E-state index in [4.69, 9.17) is 21.6 Å². The zero-order valence-electron chi connectivity index (χ0n) is 12.7. The van der Waals surface area contributed by atoms with Gasteiger partial charge in [-0.25, -0.2) is 4.79 Å². The van der Waals surface area contributed by atoms with Crippen LogP contribution in [-0.4, -0.2) is 24.3 Å². The molecular formula is C15H20ClN3O2. The molecule has 0 saturated heterocycles. The van der Waals surface area contributed by atoms with E-state index in [0.717, 1.165) is 5.69 Å². The number of hydrogen-bond donors (Lipinski definition) is 2. The Morgan fingerprint density at radius 2 is 2.14 bits per heavy atom. The molecule has 0 aliphatic rings. The summed E-state index contributed by atoms with van der Waals surface area (Å²) in [6, 6.07) is 7.12. The molecule has 1 aromatic carbocycles. The van der Waals surface area contributed by atoms with Gasteiger partial charge in [0.1, 0.15) is 11.7 Å². The van der Waals surface area contributed by atoms with Crippen LogP contribution in [0.4, 0.5) is 10.5 Å². The van der Waals surface area contributed by atoms with Crippen LogP contribution in [0.5, 0.6) is 0 Å². The number of nitriles is 1. The summed E-state index contributed by atoms with van der Waals surface area (Å²) in [7, 11) is 0. The number of rotatable bonds is 4. The number of halogens is 1. The number of amides is 1. The normalized spacial score (nSPS) is 12.2. The fraction of sp³-hybridized carbons (Fsp3) is 0.467. The summed E-state index contributed by atoms with van der Waals surface area (Å²) >= 11 is 5.87. The Kier molecular flexibility index (Phi) is 5.86. The molecule has 5 nitrogen and oxygen atoms in total. The van der Waals surface area contributed by atoms with Crippen LogP contribution in [0, 0.1) is 11.3 Å². The van der Waals surface area contributed by atoms with E-state index in [0.29, 0.717) is 17.1 Å². The van der Waals surface area contributed by atoms with Crippen LogP contribution in [0.3, 0.4) is 0 Å². The Bertz CT molecular complexity index is 547. The minimum Gasteiger partial charge on any atom is -0.444 e. The summed E-state index contributed by atoms with van der Waals surface area (Å²) in [4.78, 5) is 11.5. The number of nitrogens with one attached hydrogen (secondary N) is 2. The number of hydrogen-bond acceptors (Lipinski definition) is 4. The first-order chi connectivity index (χ1) is 9.71. The van der Waals surface area contributed by atoms with Gasteiger partial charge in [-0.15, -0.1) is 0 Å². The third kappa shape index (κ3) is 6.37. The summed E-state index contributed by atoms with van der Waals surface area (Å²) in [5, 5.41) is 15.2. The number of anilines is 1. The van der Waals surface area contributed by atoms with E-state index in [1.165, 1.54) is 0 Å². The van der Waals surface area contributed by atoms with Gasteiger partial charge < -0.3 is 15.4 Å². The van der Waals surface area contributed by atoms with Crippen molar-refractivity contribution in [2.45, 2.75) is 39.3 Å². The molecule has 1 aromatic rings. The van der Waals surface area contributed by atoms with Crippen LogP contribution in [0.25, 0.3) is 0 Å². The van der Waals surface area contributed by atoms with Crippen molar-refractivity contribution in [1.82, 2.24) is 5.32 Å². The van der Waals surface area contributed by atoms with Crippen LogP contribution in [0.2, 0.25) is 5.02 Å². The number of ether oxygens (including phenoxy) is 1. The molecule has 0 fully saturated rings. The van der Waals surface area contributed by atoms with Crippen LogP contribution in [0.15, 0.2) is 18.2 Å². The van der Waals surface area contributed by atoms with Crippen molar-refractivity contribution in [1.29, 1.82) is 5.26 Å². The molecular weight excluding hydrogens is 290 g/mol. The zero-order valence-corrected chi connectivity index (χ0v) is 13.4. The second-order valence-corrected chi connectivity index (χ2v) is 6.14. The van der Waals surface area contributed by atoms with Crippen molar-refractivity contribution >= 4 is 23.4 Å². The summed E-state index contributed by atoms with van der Waals surface area (Å²) in [5.74, 6) is 0. The molecule has 0 aliphatic carbocycles. The topological polar surface area (TPSA) is 74.2 Å². The van der Waals surface area contributed by atoms with Gasteiger partial charge in [0.15, 0.2) is 0 Å². The Balaban J connectivity index is 2.49. The molecule has 1 rings (SSSR count). The zero-order chi connectivity index (χ0) is 16.0. The lowest BCUT2D eigenvalue weighted by molar-refractivity contribution is 0.0526. The maximum atomic E-state index is 11.5. The maximum absolute atomic E-state index is 11.5. The lowest BCUT2D eigenvalue weighted by Crippen LogP contribution is -2.38. The van der Waals surface area contributed by atoms with Crippen molar-refractivity contribution in [3.05, 3.63) is 28.8 Å². The van der Waals surface area contributed by atoms with E-state index < -0.39 is 11.7 Å². The molecule has 6 heteroatoms. The highest BCUT2D eigenvalue weighted by molar-refractivity contribution is 6.31. The quantitative estimate of drug-likeness (QED) is 0.892. The number of nitrogens with zero attached hydrogens (tertiary/aromatic N) is 1. The number of carbonyl (C=O) groups is 1. The second-order valence-electron chi connectivity index (χ2n) is 5.73. The molecule has 0 bridgehead atoms. The molecule has 0 heterocycles. The maximum Gasteiger partial charge on any atom is 0.407 e. The Morgan fingerprint density at radius 3 is 2.71 bits per heavy atom. The molecule has 0 aliphatic heterocycles. The third-order valence-electron chi connectivity index (χ3n) is 2.45. The van der Waals surface area contributed by atoms with Crippen molar-refractivity contribution < 1.29 is 9.53 Å². The predicted molar refractivity (Wildman–Crippen MR) is 83.5 cm³/mol. The van der Waals surface area contributed by atoms with Crippen molar-refractivity contribution in [2.75, 3.05) is 11.9 Å². The first-order valence-corrected chi connectivity index (χ1v) is 7.02. The second kappa shape index (κ2) is 7.19. The fourth-order valence-corrected chi connectivity index (χ4v) is 1.75. The van der Waals surface area contributed by atoms with E-state index >= 15 is 0 Å². The monoisotopic (exact) mass is 309 g/mol. The van der Waals surface area contributed by atoms with Crippen molar-refractivity contribution in [3.63, 3.8) is 0 Å². The van der Waals surface area contributed by atoms with E-state index in [1.807, 2.05) is 33.8 Å². The van der Waals surface area contributed by atoms with Crippen LogP contribution >= 0.6 is 11.6 Å². The van der Waals surface area contributed by atoms with Gasteiger partial charge in [0.05, 0.1) is 10.6 Å². The van der Waals surface area contributed by atoms with Crippen LogP contribution in [0.1, 0.15) is 33.3 Å². The smallest absolute Gasteiger partial charge is 0.407 e. The molecule has 21 heavy (non-hydrogen) atoms. The standard InChI is InChI=1S/C15H20ClN3O2/c1-10(9-18-14(20)21-15(2,3)4)19-12-5-6-13(16)11(7-12)8-17/h5-7,10,19H,9H2,1-4H3,(H,18,20). The fourth-order valence-electron chi connectivity index (χ4n) is 1.59. The molecule has 1 unspecified atom stereocenters. The molecule has 0 spiro atoms. The number of alkyl carbamates (subject to hydrolysis) is 1. The summed E-state index contributed by atoms with van der Waals surface area (Å²) in [6.45, 7) is 7.75. The van der Waals surface area contributed by atoms with Gasteiger partial charge in [0.2, 0.25) is 0 Å². The lowest BCUT2D eigenvalue weighted by Gasteiger charge is -2.21. The van der Waals surface area contributed by atoms with E-state index in [1.54, 1.807) is 18.2 Å². The lowest BCUT2D eigenvalue weighted by atomic mass is 10.2. The van der Waals surface area contributed by atoms with Gasteiger partial charge >= 0.3 is 6.09 Å². The Morgan fingerprint density at radius 1 is 1.48 bits per heavy atom. The van der Waals surface area contributed by atoms with Crippen LogP contribution in [-0.2, 0) is 4.74 Å². The SMILES string of the molecule is CC(CNC(=O)OC(C)(C)C)Nc1ccc(Cl)c(C#N)c1. The highest BCUT2D eigenvalue weighted by Gasteiger charge is 2.16. The summed E-state index contributed by atoms with van der Waals surface area (Å²) < 4.78 is 5.15. The molecule has 1 atom stereocenters. The molecule has 0 radical (unpaired) electrons. The Hall–Kier alpha value is -1.93. The number of benzene rings is 1. The summed E-state index contributed by atoms with van der Waals surface area (Å²) in [6.07, 6.45) is -0.454. The average molecular weight is 310 g/mol. The van der Waals surface area contributed by atoms with Crippen molar-refractivity contribution in [2.24, 2.45) is 0 Å². The molecule has 2 N–H and O–H groups in total. The van der Waals surface area contributed by atoms with Gasteiger partial charge in [-0.3, -0.25) is 0 Å². The molecule has 0 saturated carbocycles. The van der Waals surface area contributed by atoms with E-state index in [-0.39, 0.29) is 6.04 Å². The highest BCUT2D eigenvalue weighted by atomic mass is 35.5. The Labute approximate surface area is 130 Å². The molecule has 114 valence electrons. The predicted octanol–water partition coefficient (Wildman–Crippen LogP) is 3.54. The van der Waals surface area contributed by atoms with Crippen LogP contribution < -0.4 is 10.6 Å². The van der Waals surface area contributed by atoms with Crippen molar-refractivity contribution in [3.8, 4) is 6.07 Å². The largest absolute Gasteiger partial charge is 0.444 e. The first kappa shape index (κ1) is 17.1. The highest BCUT2D eigenvalue weighted by Crippen LogP contribution is 2.20. The van der Waals surface area contributed by atoms with Gasteiger partial charge in [-0.2, -0.15) is 5.26 Å². The van der Waals surface area contributed by atoms with E-state index in [9.17, 15) is 4.79 Å². The minimum atomic E-state index is -0.515. The molecule has 1 amide bonds. The van der Waals surface area contributed by atoms with Gasteiger partial charge in [0, 0.05) is 18.3 Å².